The molecule has 128 valence electrons. The fraction of sp³-hybridized carbons (Fsp3) is 0.688. The van der Waals surface area contributed by atoms with Gasteiger partial charge in [0.05, 0.1) is 5.01 Å². The molecule has 23 heavy (non-hydrogen) atoms. The first-order chi connectivity index (χ1) is 11.2. The molecule has 0 aliphatic carbocycles. The van der Waals surface area contributed by atoms with Crippen molar-refractivity contribution in [3.05, 3.63) is 16.1 Å². The second-order valence-corrected chi connectivity index (χ2v) is 6.73. The molecule has 1 fully saturated rings. The maximum Gasteiger partial charge on any atom is 0.244 e. The number of aromatic nitrogens is 1. The molecule has 0 radical (unpaired) electrons. The molecular formula is C16H27N5OS. The number of nitrogens with zero attached hydrogens (tertiary/aromatic N) is 3. The van der Waals surface area contributed by atoms with Crippen LogP contribution in [0.2, 0.25) is 0 Å². The van der Waals surface area contributed by atoms with Gasteiger partial charge in [0, 0.05) is 43.7 Å². The van der Waals surface area contributed by atoms with E-state index in [9.17, 15) is 4.79 Å². The highest BCUT2D eigenvalue weighted by atomic mass is 32.1. The molecule has 0 bridgehead atoms. The Hall–Kier alpha value is -1.63. The lowest BCUT2D eigenvalue weighted by atomic mass is 10.4. The standard InChI is InChI=1S/C16H27N5OS/c1-3-13-11-19-14(23-13)7-8-18-16(17-4-2)20-12-15(22)21-9-5-6-10-21/h11H,3-10,12H2,1-2H3,(H2,17,18,20). The largest absolute Gasteiger partial charge is 0.357 e. The Bertz CT molecular complexity index is 522. The van der Waals surface area contributed by atoms with E-state index >= 15 is 0 Å². The van der Waals surface area contributed by atoms with Gasteiger partial charge in [-0.15, -0.1) is 11.3 Å². The topological polar surface area (TPSA) is 69.6 Å². The van der Waals surface area contributed by atoms with Crippen LogP contribution in [0.4, 0.5) is 0 Å². The summed E-state index contributed by atoms with van der Waals surface area (Å²) in [5.41, 5.74) is 0. The van der Waals surface area contributed by atoms with Gasteiger partial charge in [-0.3, -0.25) is 4.79 Å². The first-order valence-electron chi connectivity index (χ1n) is 8.46. The van der Waals surface area contributed by atoms with Crippen molar-refractivity contribution < 1.29 is 4.79 Å². The first-order valence-corrected chi connectivity index (χ1v) is 9.28. The van der Waals surface area contributed by atoms with E-state index in [1.165, 1.54) is 4.88 Å². The summed E-state index contributed by atoms with van der Waals surface area (Å²) < 4.78 is 0. The number of carbonyl (C=O) groups excluding carboxylic acids is 1. The molecule has 2 heterocycles. The van der Waals surface area contributed by atoms with E-state index in [-0.39, 0.29) is 12.5 Å². The van der Waals surface area contributed by atoms with Crippen LogP contribution in [0, 0.1) is 0 Å². The van der Waals surface area contributed by atoms with E-state index in [1.807, 2.05) is 18.0 Å². The highest BCUT2D eigenvalue weighted by Gasteiger charge is 2.17. The fourth-order valence-corrected chi connectivity index (χ4v) is 3.33. The quantitative estimate of drug-likeness (QED) is 0.583. The van der Waals surface area contributed by atoms with Gasteiger partial charge in [0.25, 0.3) is 0 Å². The summed E-state index contributed by atoms with van der Waals surface area (Å²) in [7, 11) is 0. The third-order valence-electron chi connectivity index (χ3n) is 3.76. The van der Waals surface area contributed by atoms with Gasteiger partial charge in [0.2, 0.25) is 5.91 Å². The van der Waals surface area contributed by atoms with Gasteiger partial charge in [-0.05, 0) is 26.2 Å². The van der Waals surface area contributed by atoms with Crippen LogP contribution in [0.15, 0.2) is 11.2 Å². The molecule has 2 N–H and O–H groups in total. The highest BCUT2D eigenvalue weighted by molar-refractivity contribution is 7.11. The smallest absolute Gasteiger partial charge is 0.244 e. The van der Waals surface area contributed by atoms with E-state index in [1.54, 1.807) is 11.3 Å². The van der Waals surface area contributed by atoms with Crippen LogP contribution in [0.3, 0.4) is 0 Å². The van der Waals surface area contributed by atoms with Gasteiger partial charge >= 0.3 is 0 Å². The minimum Gasteiger partial charge on any atom is -0.357 e. The molecule has 1 aliphatic heterocycles. The third kappa shape index (κ3) is 5.82. The zero-order chi connectivity index (χ0) is 16.5. The summed E-state index contributed by atoms with van der Waals surface area (Å²) in [6, 6.07) is 0. The van der Waals surface area contributed by atoms with Crippen LogP contribution in [0.5, 0.6) is 0 Å². The minimum atomic E-state index is 0.118. The average Bonchev–Trinajstić information content (AvgIpc) is 3.23. The molecule has 0 spiro atoms. The molecule has 2 rings (SSSR count). The molecule has 0 atom stereocenters. The number of aryl methyl sites for hydroxylation is 1. The second-order valence-electron chi connectivity index (χ2n) is 5.53. The predicted molar refractivity (Wildman–Crippen MR) is 95.0 cm³/mol. The van der Waals surface area contributed by atoms with Gasteiger partial charge in [-0.2, -0.15) is 0 Å². The van der Waals surface area contributed by atoms with Crippen molar-refractivity contribution in [1.82, 2.24) is 20.5 Å². The number of guanidine groups is 1. The van der Waals surface area contributed by atoms with E-state index in [0.717, 1.165) is 56.9 Å². The summed E-state index contributed by atoms with van der Waals surface area (Å²) >= 11 is 1.76. The Labute approximate surface area is 142 Å². The Morgan fingerprint density at radius 3 is 2.78 bits per heavy atom. The van der Waals surface area contributed by atoms with Crippen molar-refractivity contribution in [3.8, 4) is 0 Å². The number of hydrogen-bond donors (Lipinski definition) is 2. The Balaban J connectivity index is 1.77. The summed E-state index contributed by atoms with van der Waals surface area (Å²) in [6.45, 7) is 7.68. The minimum absolute atomic E-state index is 0.118. The predicted octanol–water partition coefficient (Wildman–Crippen LogP) is 1.43. The lowest BCUT2D eigenvalue weighted by Gasteiger charge is -2.15. The van der Waals surface area contributed by atoms with E-state index in [4.69, 9.17) is 0 Å². The van der Waals surface area contributed by atoms with Gasteiger partial charge in [0.1, 0.15) is 6.54 Å². The number of rotatable bonds is 7. The van der Waals surface area contributed by atoms with Crippen molar-refractivity contribution in [2.24, 2.45) is 4.99 Å². The molecule has 0 saturated carbocycles. The number of hydrogen-bond acceptors (Lipinski definition) is 4. The van der Waals surface area contributed by atoms with E-state index in [2.05, 4.69) is 27.5 Å². The number of likely N-dealkylation sites (tertiary alicyclic amines) is 1. The third-order valence-corrected chi connectivity index (χ3v) is 4.96. The van der Waals surface area contributed by atoms with Crippen LogP contribution >= 0.6 is 11.3 Å². The number of thiazole rings is 1. The number of nitrogens with one attached hydrogen (secondary N) is 2. The molecule has 1 aliphatic rings. The zero-order valence-electron chi connectivity index (χ0n) is 14.1. The summed E-state index contributed by atoms with van der Waals surface area (Å²) in [4.78, 5) is 24.1. The van der Waals surface area contributed by atoms with Crippen LogP contribution < -0.4 is 10.6 Å². The highest BCUT2D eigenvalue weighted by Crippen LogP contribution is 2.13. The van der Waals surface area contributed by atoms with Crippen LogP contribution in [0.1, 0.15) is 36.6 Å². The van der Waals surface area contributed by atoms with Gasteiger partial charge in [0.15, 0.2) is 5.96 Å². The second kappa shape index (κ2) is 9.50. The molecule has 1 saturated heterocycles. The van der Waals surface area contributed by atoms with E-state index < -0.39 is 0 Å². The van der Waals surface area contributed by atoms with Crippen molar-refractivity contribution in [2.75, 3.05) is 32.7 Å². The number of carbonyl (C=O) groups is 1. The van der Waals surface area contributed by atoms with Crippen LogP contribution in [-0.4, -0.2) is 54.5 Å². The van der Waals surface area contributed by atoms with Crippen molar-refractivity contribution in [3.63, 3.8) is 0 Å². The summed E-state index contributed by atoms with van der Waals surface area (Å²) in [5.74, 6) is 0.819. The molecule has 7 heteroatoms. The van der Waals surface area contributed by atoms with Crippen molar-refractivity contribution in [2.45, 2.75) is 39.5 Å². The van der Waals surface area contributed by atoms with Crippen molar-refractivity contribution >= 4 is 23.2 Å². The molecule has 1 amide bonds. The molecule has 1 aromatic heterocycles. The molecular weight excluding hydrogens is 310 g/mol. The molecule has 6 nitrogen and oxygen atoms in total. The lowest BCUT2D eigenvalue weighted by molar-refractivity contribution is -0.128. The van der Waals surface area contributed by atoms with Crippen LogP contribution in [-0.2, 0) is 17.6 Å². The van der Waals surface area contributed by atoms with Crippen molar-refractivity contribution in [1.29, 1.82) is 0 Å². The van der Waals surface area contributed by atoms with Gasteiger partial charge in [-0.1, -0.05) is 6.92 Å². The van der Waals surface area contributed by atoms with E-state index in [0.29, 0.717) is 5.96 Å². The average molecular weight is 337 g/mol. The zero-order valence-corrected chi connectivity index (χ0v) is 14.9. The normalized spacial score (nSPS) is 15.0. The van der Waals surface area contributed by atoms with Gasteiger partial charge < -0.3 is 15.5 Å². The SMILES string of the molecule is CCNC(=NCC(=O)N1CCCC1)NCCc1ncc(CC)s1. The first kappa shape index (κ1) is 17.7. The Morgan fingerprint density at radius 1 is 1.35 bits per heavy atom. The molecule has 0 aromatic carbocycles. The molecule has 1 aromatic rings. The van der Waals surface area contributed by atoms with Crippen LogP contribution in [0.25, 0.3) is 0 Å². The number of amides is 1. The molecule has 0 unspecified atom stereocenters. The Kier molecular flexibility index (Phi) is 7.32. The lowest BCUT2D eigenvalue weighted by Crippen LogP contribution is -2.39. The summed E-state index contributed by atoms with van der Waals surface area (Å²) in [5, 5.41) is 7.60. The maximum atomic E-state index is 12.0. The fourth-order valence-electron chi connectivity index (χ4n) is 2.47. The monoisotopic (exact) mass is 337 g/mol. The summed E-state index contributed by atoms with van der Waals surface area (Å²) in [6.07, 6.45) is 6.08. The number of aliphatic imine (C=N–C) groups is 1. The van der Waals surface area contributed by atoms with Gasteiger partial charge in [-0.25, -0.2) is 9.98 Å². The Morgan fingerprint density at radius 2 is 2.13 bits per heavy atom. The maximum absolute atomic E-state index is 12.0.